The number of rotatable bonds is 44. The van der Waals surface area contributed by atoms with Gasteiger partial charge in [0.25, 0.3) is 11.8 Å². The highest BCUT2D eigenvalue weighted by Crippen LogP contribution is 2.40. The van der Waals surface area contributed by atoms with E-state index in [0.717, 1.165) is 66.4 Å². The van der Waals surface area contributed by atoms with E-state index in [0.29, 0.717) is 225 Å². The van der Waals surface area contributed by atoms with Crippen molar-refractivity contribution in [3.63, 3.8) is 0 Å². The number of carbonyl (C=O) groups excluding carboxylic acids is 2. The molecule has 0 fully saturated rings. The van der Waals surface area contributed by atoms with Crippen LogP contribution in [0, 0.1) is 0 Å². The average Bonchev–Trinajstić information content (AvgIpc) is 0.800. The molecule has 0 aliphatic carbocycles. The van der Waals surface area contributed by atoms with E-state index >= 15 is 0 Å². The Morgan fingerprint density at radius 3 is 0.865 bits per heavy atom. The van der Waals surface area contributed by atoms with Crippen LogP contribution in [0.5, 0.6) is 46.0 Å². The number of nitrogens with two attached hydrogens (primary N) is 6. The lowest BCUT2D eigenvalue weighted by Gasteiger charge is -2.17. The molecule has 0 radical (unpaired) electrons. The van der Waals surface area contributed by atoms with Crippen LogP contribution in [0.3, 0.4) is 0 Å². The fraction of sp³-hybridized carbons (Fsp3) is 0.286. The number of carbonyl (C=O) groups is 2. The molecule has 0 bridgehead atoms. The second kappa shape index (κ2) is 40.9. The first-order valence-electron chi connectivity index (χ1n) is 35.9. The van der Waals surface area contributed by atoms with Gasteiger partial charge in [0.1, 0.15) is 46.0 Å². The summed E-state index contributed by atoms with van der Waals surface area (Å²) in [5.74, 6) is 4.42. The molecule has 20 nitrogen and oxygen atoms in total. The summed E-state index contributed by atoms with van der Waals surface area (Å²) in [7, 11) is 0. The van der Waals surface area contributed by atoms with Crippen LogP contribution in [-0.2, 0) is 0 Å². The van der Waals surface area contributed by atoms with E-state index in [1.165, 1.54) is 0 Å². The molecule has 16 N–H and O–H groups in total. The van der Waals surface area contributed by atoms with E-state index in [-0.39, 0.29) is 11.8 Å². The molecular formula is C84H98N10O10. The number of hydrogen-bond donors (Lipinski definition) is 10. The molecule has 544 valence electrons. The van der Waals surface area contributed by atoms with Crippen molar-refractivity contribution < 1.29 is 47.5 Å². The van der Waals surface area contributed by atoms with Crippen LogP contribution in [0.2, 0.25) is 0 Å². The zero-order valence-corrected chi connectivity index (χ0v) is 59.1. The fourth-order valence-electron chi connectivity index (χ4n) is 11.4. The molecule has 0 spiro atoms. The van der Waals surface area contributed by atoms with Gasteiger partial charge in [-0.1, -0.05) is 72.8 Å². The molecule has 0 unspecified atom stereocenters. The maximum Gasteiger partial charge on any atom is 0.255 e. The smallest absolute Gasteiger partial charge is 0.255 e. The van der Waals surface area contributed by atoms with Crippen molar-refractivity contribution in [3.8, 4) is 102 Å². The molecule has 0 aromatic heterocycles. The molecule has 10 rings (SSSR count). The van der Waals surface area contributed by atoms with Gasteiger partial charge in [-0.25, -0.2) is 0 Å². The molecule has 0 atom stereocenters. The lowest BCUT2D eigenvalue weighted by atomic mass is 9.97. The third kappa shape index (κ3) is 23.5. The quantitative estimate of drug-likeness (QED) is 0.0125. The maximum absolute atomic E-state index is 14.1. The first-order chi connectivity index (χ1) is 51.1. The van der Waals surface area contributed by atoms with Gasteiger partial charge in [-0.2, -0.15) is 0 Å². The third-order valence-corrected chi connectivity index (χ3v) is 16.8. The predicted octanol–water partition coefficient (Wildman–Crippen LogP) is 13.4. The van der Waals surface area contributed by atoms with Gasteiger partial charge in [0.15, 0.2) is 0 Å². The van der Waals surface area contributed by atoms with E-state index in [4.69, 9.17) is 72.3 Å². The Bertz CT molecular complexity index is 4300. The highest BCUT2D eigenvalue weighted by atomic mass is 16.5. The Balaban J connectivity index is 0.820. The molecular weight excluding hydrogens is 1310 g/mol. The minimum Gasteiger partial charge on any atom is -0.493 e. The number of amides is 2. The summed E-state index contributed by atoms with van der Waals surface area (Å²) in [6.07, 6.45) is 5.38. The van der Waals surface area contributed by atoms with Crippen LogP contribution in [-0.4, -0.2) is 117 Å². The number of hydrogen-bond acceptors (Lipinski definition) is 18. The zero-order chi connectivity index (χ0) is 72.5. The first-order valence-corrected chi connectivity index (χ1v) is 35.9. The number of benzene rings is 10. The molecule has 0 saturated carbocycles. The Morgan fingerprint density at radius 1 is 0.250 bits per heavy atom. The SMILES string of the molecule is NCCCOc1cc(OCCCN)cc(-c2cc(NC(=O)c3ccc(-c4ccccc4)cc3)cc(-c3cc(OCCCN)cc(OCCCNNCCCOc4cc(OCCCN)cc(-c5cc(NC(=O)c6ccc7ccccc7c6)cc(-c6cc(OCCCN)cc(OCCCN)c6)c5)c4)c3)c2)c1. The van der Waals surface area contributed by atoms with Gasteiger partial charge < -0.3 is 82.9 Å². The predicted molar refractivity (Wildman–Crippen MR) is 418 cm³/mol. The second-order valence-corrected chi connectivity index (χ2v) is 25.0. The van der Waals surface area contributed by atoms with Crippen molar-refractivity contribution in [1.29, 1.82) is 0 Å². The summed E-state index contributed by atoms with van der Waals surface area (Å²) < 4.78 is 50.3. The first kappa shape index (κ1) is 76.1. The standard InChI is InChI=1S/C84H98N10O10/c85-24-6-32-97-75-47-69(48-76(55-75)98-33-7-25-86)65-41-66(44-73(43-65)93-83(95)62-21-18-61(19-22-62)59-14-2-1-3-15-59)71-51-79(101-36-10-28-89)57-81(53-71)103-38-12-30-91-92-31-13-39-104-82-54-72(52-80(58-82)102-37-11-29-90)68-42-67(70-49-77(99-34-8-26-87)56-78(50-70)100-35-9-27-88)45-74(46-68)94-84(96)64-23-20-60-16-4-5-17-63(60)40-64/h1-5,14-23,40-58,91-92H,6-13,24-39,85-90H2,(H,93,95)(H,94,96). The molecule has 0 aliphatic rings. The molecule has 0 saturated heterocycles. The van der Waals surface area contributed by atoms with E-state index in [2.05, 4.69) is 33.6 Å². The van der Waals surface area contributed by atoms with E-state index in [1.54, 1.807) is 0 Å². The second-order valence-electron chi connectivity index (χ2n) is 25.0. The van der Waals surface area contributed by atoms with Gasteiger partial charge in [0.05, 0.1) is 52.9 Å². The van der Waals surface area contributed by atoms with Gasteiger partial charge in [-0.3, -0.25) is 20.4 Å². The lowest BCUT2D eigenvalue weighted by Crippen LogP contribution is -2.34. The highest BCUT2D eigenvalue weighted by molar-refractivity contribution is 6.07. The van der Waals surface area contributed by atoms with Crippen molar-refractivity contribution >= 4 is 34.0 Å². The average molecular weight is 1410 g/mol. The fourth-order valence-corrected chi connectivity index (χ4v) is 11.4. The van der Waals surface area contributed by atoms with Gasteiger partial charge in [0.2, 0.25) is 0 Å². The zero-order valence-electron chi connectivity index (χ0n) is 59.1. The Labute approximate surface area is 609 Å². The largest absolute Gasteiger partial charge is 0.493 e. The third-order valence-electron chi connectivity index (χ3n) is 16.8. The van der Waals surface area contributed by atoms with Crippen LogP contribution in [0.25, 0.3) is 66.4 Å². The summed E-state index contributed by atoms with van der Waals surface area (Å²) in [6, 6.07) is 66.5. The number of nitrogens with one attached hydrogen (secondary N) is 4. The molecule has 10 aromatic carbocycles. The highest BCUT2D eigenvalue weighted by Gasteiger charge is 2.18. The molecule has 0 heterocycles. The molecule has 10 aromatic rings. The van der Waals surface area contributed by atoms with E-state index in [9.17, 15) is 9.59 Å². The molecule has 20 heteroatoms. The van der Waals surface area contributed by atoms with Gasteiger partial charge in [-0.15, -0.1) is 0 Å². The number of ether oxygens (including phenoxy) is 8. The minimum absolute atomic E-state index is 0.255. The Morgan fingerprint density at radius 2 is 0.529 bits per heavy atom. The van der Waals surface area contributed by atoms with Crippen molar-refractivity contribution in [1.82, 2.24) is 10.9 Å². The van der Waals surface area contributed by atoms with Gasteiger partial charge in [-0.05, 0) is 266 Å². The van der Waals surface area contributed by atoms with Crippen LogP contribution in [0.4, 0.5) is 11.4 Å². The number of fused-ring (bicyclic) bond motifs is 1. The molecule has 0 aliphatic heterocycles. The van der Waals surface area contributed by atoms with Crippen LogP contribution < -0.4 is 93.8 Å². The van der Waals surface area contributed by atoms with Crippen molar-refractivity contribution in [2.45, 2.75) is 51.4 Å². The van der Waals surface area contributed by atoms with Gasteiger partial charge >= 0.3 is 0 Å². The van der Waals surface area contributed by atoms with E-state index < -0.39 is 0 Å². The maximum atomic E-state index is 14.1. The van der Waals surface area contributed by atoms with Crippen LogP contribution in [0.15, 0.2) is 206 Å². The molecule has 2 amide bonds. The number of hydrazine groups is 1. The normalized spacial score (nSPS) is 11.1. The van der Waals surface area contributed by atoms with Crippen molar-refractivity contribution in [2.24, 2.45) is 34.4 Å². The topological polar surface area (TPSA) is 312 Å². The van der Waals surface area contributed by atoms with Crippen LogP contribution in [0.1, 0.15) is 72.1 Å². The summed E-state index contributed by atoms with van der Waals surface area (Å²) in [5.41, 5.74) is 52.6. The van der Waals surface area contributed by atoms with Crippen molar-refractivity contribution in [3.05, 3.63) is 217 Å². The minimum atomic E-state index is -0.265. The Hall–Kier alpha value is -10.5. The lowest BCUT2D eigenvalue weighted by molar-refractivity contribution is 0.101. The number of anilines is 2. The monoisotopic (exact) mass is 1410 g/mol. The molecule has 104 heavy (non-hydrogen) atoms. The van der Waals surface area contributed by atoms with Gasteiger partial charge in [0, 0.05) is 59.9 Å². The Kier molecular flexibility index (Phi) is 30.0. The summed E-state index contributed by atoms with van der Waals surface area (Å²) in [5, 5.41) is 8.40. The summed E-state index contributed by atoms with van der Waals surface area (Å²) >= 11 is 0. The summed E-state index contributed by atoms with van der Waals surface area (Å²) in [6.45, 7) is 7.46. The van der Waals surface area contributed by atoms with Crippen molar-refractivity contribution in [2.75, 3.05) is 116 Å². The van der Waals surface area contributed by atoms with Crippen LogP contribution >= 0.6 is 0 Å². The van der Waals surface area contributed by atoms with E-state index in [1.807, 2.05) is 194 Å². The summed E-state index contributed by atoms with van der Waals surface area (Å²) in [4.78, 5) is 28.3.